The average Bonchev–Trinajstić information content (AvgIpc) is 2.33. The number of hydrogen-bond acceptors (Lipinski definition) is 2. The standard InChI is InChI=1S/C12H13BrF3NO2/c1-19-10-4-2-8(6-9(10)13)3-5-11(18)17-7-12(14,15)16/h2,4,6H,3,5,7H2,1H3,(H,17,18). The first-order chi connectivity index (χ1) is 8.81. The largest absolute Gasteiger partial charge is 0.496 e. The van der Waals surface area contributed by atoms with E-state index in [1.807, 2.05) is 5.32 Å². The Morgan fingerprint density at radius 3 is 2.63 bits per heavy atom. The number of ether oxygens (including phenoxy) is 1. The quantitative estimate of drug-likeness (QED) is 0.895. The van der Waals surface area contributed by atoms with Gasteiger partial charge in [0, 0.05) is 6.42 Å². The average molecular weight is 340 g/mol. The second-order valence-electron chi connectivity index (χ2n) is 3.86. The molecule has 3 nitrogen and oxygen atoms in total. The Balaban J connectivity index is 2.44. The van der Waals surface area contributed by atoms with Gasteiger partial charge in [-0.25, -0.2) is 0 Å². The van der Waals surface area contributed by atoms with Crippen LogP contribution in [0.1, 0.15) is 12.0 Å². The number of carbonyl (C=O) groups is 1. The number of carbonyl (C=O) groups excluding carboxylic acids is 1. The Morgan fingerprint density at radius 1 is 1.42 bits per heavy atom. The Bertz CT molecular complexity index is 449. The highest BCUT2D eigenvalue weighted by molar-refractivity contribution is 9.10. The van der Waals surface area contributed by atoms with Gasteiger partial charge in [-0.2, -0.15) is 13.2 Å². The van der Waals surface area contributed by atoms with Crippen molar-refractivity contribution in [2.75, 3.05) is 13.7 Å². The molecule has 0 aliphatic heterocycles. The van der Waals surface area contributed by atoms with E-state index in [1.165, 1.54) is 7.11 Å². The highest BCUT2D eigenvalue weighted by atomic mass is 79.9. The van der Waals surface area contributed by atoms with Crippen LogP contribution < -0.4 is 10.1 Å². The molecule has 0 saturated carbocycles. The number of rotatable bonds is 5. The summed E-state index contributed by atoms with van der Waals surface area (Å²) in [4.78, 5) is 11.2. The molecule has 7 heteroatoms. The monoisotopic (exact) mass is 339 g/mol. The van der Waals surface area contributed by atoms with Crippen LogP contribution in [-0.4, -0.2) is 25.7 Å². The van der Waals surface area contributed by atoms with E-state index >= 15 is 0 Å². The molecular formula is C12H13BrF3NO2. The minimum Gasteiger partial charge on any atom is -0.496 e. The van der Waals surface area contributed by atoms with Gasteiger partial charge in [-0.15, -0.1) is 0 Å². The smallest absolute Gasteiger partial charge is 0.405 e. The third kappa shape index (κ3) is 5.96. The van der Waals surface area contributed by atoms with Crippen molar-refractivity contribution in [2.45, 2.75) is 19.0 Å². The first-order valence-electron chi connectivity index (χ1n) is 5.47. The lowest BCUT2D eigenvalue weighted by molar-refractivity contribution is -0.138. The Kier molecular flexibility index (Phi) is 5.65. The van der Waals surface area contributed by atoms with Crippen molar-refractivity contribution in [1.82, 2.24) is 5.32 Å². The topological polar surface area (TPSA) is 38.3 Å². The number of benzene rings is 1. The maximum Gasteiger partial charge on any atom is 0.405 e. The van der Waals surface area contributed by atoms with Crippen LogP contribution in [0.25, 0.3) is 0 Å². The summed E-state index contributed by atoms with van der Waals surface area (Å²) in [6, 6.07) is 5.27. The zero-order chi connectivity index (χ0) is 14.5. The van der Waals surface area contributed by atoms with E-state index < -0.39 is 18.6 Å². The van der Waals surface area contributed by atoms with Crippen LogP contribution in [0.4, 0.5) is 13.2 Å². The van der Waals surface area contributed by atoms with Crippen molar-refractivity contribution in [3.63, 3.8) is 0 Å². The van der Waals surface area contributed by atoms with E-state index in [0.717, 1.165) is 10.0 Å². The predicted octanol–water partition coefficient (Wildman–Crippen LogP) is 3.07. The van der Waals surface area contributed by atoms with E-state index in [2.05, 4.69) is 15.9 Å². The molecule has 19 heavy (non-hydrogen) atoms. The predicted molar refractivity (Wildman–Crippen MR) is 68.1 cm³/mol. The summed E-state index contributed by atoms with van der Waals surface area (Å²) in [7, 11) is 1.53. The molecule has 1 aromatic carbocycles. The molecule has 0 unspecified atom stereocenters. The van der Waals surface area contributed by atoms with Crippen molar-refractivity contribution in [2.24, 2.45) is 0 Å². The lowest BCUT2D eigenvalue weighted by Gasteiger charge is -2.09. The number of hydrogen-bond donors (Lipinski definition) is 1. The first kappa shape index (κ1) is 15.8. The number of amides is 1. The number of methoxy groups -OCH3 is 1. The normalized spacial score (nSPS) is 11.2. The van der Waals surface area contributed by atoms with Crippen LogP contribution >= 0.6 is 15.9 Å². The lowest BCUT2D eigenvalue weighted by Crippen LogP contribution is -2.33. The molecule has 1 N–H and O–H groups in total. The molecule has 0 heterocycles. The van der Waals surface area contributed by atoms with Crippen LogP contribution in [0.5, 0.6) is 5.75 Å². The fraction of sp³-hybridized carbons (Fsp3) is 0.417. The van der Waals surface area contributed by atoms with Gasteiger partial charge in [0.25, 0.3) is 0 Å². The highest BCUT2D eigenvalue weighted by Crippen LogP contribution is 2.25. The molecule has 0 aromatic heterocycles. The zero-order valence-electron chi connectivity index (χ0n) is 10.2. The summed E-state index contributed by atoms with van der Waals surface area (Å²) >= 11 is 3.30. The van der Waals surface area contributed by atoms with Gasteiger partial charge in [0.05, 0.1) is 11.6 Å². The van der Waals surface area contributed by atoms with Gasteiger partial charge < -0.3 is 10.1 Å². The van der Waals surface area contributed by atoms with Gasteiger partial charge in [-0.05, 0) is 40.0 Å². The third-order valence-electron chi connectivity index (χ3n) is 2.34. The van der Waals surface area contributed by atoms with Crippen LogP contribution in [0.2, 0.25) is 0 Å². The number of nitrogens with one attached hydrogen (secondary N) is 1. The second-order valence-corrected chi connectivity index (χ2v) is 4.72. The fourth-order valence-corrected chi connectivity index (χ4v) is 2.00. The van der Waals surface area contributed by atoms with E-state index in [9.17, 15) is 18.0 Å². The fourth-order valence-electron chi connectivity index (χ4n) is 1.41. The van der Waals surface area contributed by atoms with Crippen LogP contribution in [-0.2, 0) is 11.2 Å². The number of aryl methyl sites for hydroxylation is 1. The molecule has 106 valence electrons. The van der Waals surface area contributed by atoms with Crippen LogP contribution in [0.15, 0.2) is 22.7 Å². The SMILES string of the molecule is COc1ccc(CCC(=O)NCC(F)(F)F)cc1Br. The molecule has 1 aromatic rings. The molecule has 0 bridgehead atoms. The zero-order valence-corrected chi connectivity index (χ0v) is 11.8. The summed E-state index contributed by atoms with van der Waals surface area (Å²) in [6.45, 7) is -1.29. The van der Waals surface area contributed by atoms with Gasteiger partial charge >= 0.3 is 6.18 Å². The molecular weight excluding hydrogens is 327 g/mol. The Morgan fingerprint density at radius 2 is 2.11 bits per heavy atom. The molecule has 0 saturated heterocycles. The summed E-state index contributed by atoms with van der Waals surface area (Å²) in [5.74, 6) is 0.0366. The van der Waals surface area contributed by atoms with E-state index in [0.29, 0.717) is 12.2 Å². The van der Waals surface area contributed by atoms with E-state index in [1.54, 1.807) is 18.2 Å². The van der Waals surface area contributed by atoms with Crippen LogP contribution in [0.3, 0.4) is 0 Å². The molecule has 0 spiro atoms. The van der Waals surface area contributed by atoms with Gasteiger partial charge in [-0.1, -0.05) is 6.07 Å². The molecule has 0 atom stereocenters. The summed E-state index contributed by atoms with van der Waals surface area (Å²) in [5.41, 5.74) is 0.842. The van der Waals surface area contributed by atoms with Crippen molar-refractivity contribution in [1.29, 1.82) is 0 Å². The number of alkyl halides is 3. The molecule has 1 amide bonds. The third-order valence-corrected chi connectivity index (χ3v) is 2.96. The minimum absolute atomic E-state index is 0.00878. The maximum atomic E-state index is 11.9. The van der Waals surface area contributed by atoms with Crippen molar-refractivity contribution < 1.29 is 22.7 Å². The summed E-state index contributed by atoms with van der Waals surface area (Å²) in [6.07, 6.45) is -4.00. The Hall–Kier alpha value is -1.24. The van der Waals surface area contributed by atoms with Crippen molar-refractivity contribution >= 4 is 21.8 Å². The molecule has 1 rings (SSSR count). The summed E-state index contributed by atoms with van der Waals surface area (Å²) < 4.78 is 41.4. The Labute approximate surface area is 117 Å². The van der Waals surface area contributed by atoms with Gasteiger partial charge in [-0.3, -0.25) is 4.79 Å². The van der Waals surface area contributed by atoms with Crippen molar-refractivity contribution in [3.05, 3.63) is 28.2 Å². The number of halogens is 4. The lowest BCUT2D eigenvalue weighted by atomic mass is 10.1. The molecule has 0 radical (unpaired) electrons. The van der Waals surface area contributed by atoms with E-state index in [4.69, 9.17) is 4.74 Å². The van der Waals surface area contributed by atoms with Crippen molar-refractivity contribution in [3.8, 4) is 5.75 Å². The van der Waals surface area contributed by atoms with Gasteiger partial charge in [0.15, 0.2) is 0 Å². The van der Waals surface area contributed by atoms with Gasteiger partial charge in [0.2, 0.25) is 5.91 Å². The molecule has 0 aliphatic rings. The van der Waals surface area contributed by atoms with Crippen LogP contribution in [0, 0.1) is 0 Å². The van der Waals surface area contributed by atoms with E-state index in [-0.39, 0.29) is 6.42 Å². The van der Waals surface area contributed by atoms with Gasteiger partial charge in [0.1, 0.15) is 12.3 Å². The minimum atomic E-state index is -4.38. The highest BCUT2D eigenvalue weighted by Gasteiger charge is 2.27. The molecule has 0 aliphatic carbocycles. The maximum absolute atomic E-state index is 11.9. The summed E-state index contributed by atoms with van der Waals surface area (Å²) in [5, 5.41) is 1.83. The first-order valence-corrected chi connectivity index (χ1v) is 6.27. The second kappa shape index (κ2) is 6.79. The molecule has 0 fully saturated rings.